The first kappa shape index (κ1) is 18.2. The molecule has 0 saturated carbocycles. The number of carbonyl (C=O) groups is 1. The molecule has 9 heteroatoms. The zero-order valence-corrected chi connectivity index (χ0v) is 15.6. The van der Waals surface area contributed by atoms with E-state index in [1.54, 1.807) is 12.1 Å². The SMILES string of the molecule is O=C1OC2(c3ccc(O)cc3Oc3c(N=C=S)c(O)c(F)c(F)c32)c2ccccc21. The minimum Gasteiger partial charge on any atom is -0.508 e. The van der Waals surface area contributed by atoms with Gasteiger partial charge in [0.05, 0.1) is 16.3 Å². The van der Waals surface area contributed by atoms with E-state index in [2.05, 4.69) is 17.2 Å². The van der Waals surface area contributed by atoms with E-state index < -0.39 is 46.0 Å². The van der Waals surface area contributed by atoms with Crippen molar-refractivity contribution in [2.75, 3.05) is 0 Å². The average molecular weight is 425 g/mol. The molecule has 0 aliphatic carbocycles. The van der Waals surface area contributed by atoms with E-state index in [0.29, 0.717) is 0 Å². The normalized spacial score (nSPS) is 18.0. The fourth-order valence-corrected chi connectivity index (χ4v) is 4.03. The molecule has 5 rings (SSSR count). The molecule has 0 aromatic heterocycles. The molecule has 2 heterocycles. The Labute approximate surface area is 172 Å². The third kappa shape index (κ3) is 2.13. The Morgan fingerprint density at radius 1 is 1.07 bits per heavy atom. The van der Waals surface area contributed by atoms with E-state index in [1.807, 2.05) is 5.16 Å². The third-order valence-electron chi connectivity index (χ3n) is 5.12. The van der Waals surface area contributed by atoms with Crippen molar-refractivity contribution in [2.24, 2.45) is 4.99 Å². The number of hydrogen-bond donors (Lipinski definition) is 2. The van der Waals surface area contributed by atoms with Gasteiger partial charge in [-0.25, -0.2) is 9.18 Å². The first-order chi connectivity index (χ1) is 14.4. The summed E-state index contributed by atoms with van der Waals surface area (Å²) in [5, 5.41) is 22.0. The summed E-state index contributed by atoms with van der Waals surface area (Å²) in [4.78, 5) is 16.3. The topological polar surface area (TPSA) is 88.4 Å². The maximum atomic E-state index is 15.3. The number of nitrogens with zero attached hydrogens (tertiary/aromatic N) is 1. The summed E-state index contributed by atoms with van der Waals surface area (Å²) in [6, 6.07) is 10.2. The van der Waals surface area contributed by atoms with Crippen LogP contribution in [0.5, 0.6) is 23.0 Å². The van der Waals surface area contributed by atoms with E-state index in [9.17, 15) is 19.4 Å². The molecule has 2 aliphatic rings. The molecule has 148 valence electrons. The van der Waals surface area contributed by atoms with Crippen molar-refractivity contribution in [2.45, 2.75) is 5.60 Å². The minimum atomic E-state index is -1.94. The van der Waals surface area contributed by atoms with Crippen molar-refractivity contribution in [1.29, 1.82) is 0 Å². The maximum absolute atomic E-state index is 15.3. The minimum absolute atomic E-state index is 0.00164. The molecule has 0 amide bonds. The predicted octanol–water partition coefficient (Wildman–Crippen LogP) is 4.68. The number of benzene rings is 3. The summed E-state index contributed by atoms with van der Waals surface area (Å²) in [5.74, 6) is -5.58. The van der Waals surface area contributed by atoms with E-state index in [-0.39, 0.29) is 28.2 Å². The Kier molecular flexibility index (Phi) is 3.70. The lowest BCUT2D eigenvalue weighted by Crippen LogP contribution is -2.34. The molecule has 0 saturated heterocycles. The van der Waals surface area contributed by atoms with Gasteiger partial charge in [0.15, 0.2) is 28.6 Å². The van der Waals surface area contributed by atoms with Crippen LogP contribution in [0, 0.1) is 11.6 Å². The van der Waals surface area contributed by atoms with Gasteiger partial charge in [0, 0.05) is 17.2 Å². The highest BCUT2D eigenvalue weighted by atomic mass is 32.1. The van der Waals surface area contributed by atoms with Crippen LogP contribution in [0.15, 0.2) is 47.5 Å². The van der Waals surface area contributed by atoms with Gasteiger partial charge in [0.1, 0.15) is 11.5 Å². The number of hydrogen-bond acceptors (Lipinski definition) is 7. The van der Waals surface area contributed by atoms with Crippen LogP contribution in [-0.4, -0.2) is 21.3 Å². The molecular weight excluding hydrogens is 416 g/mol. The number of carbonyl (C=O) groups excluding carboxylic acids is 1. The molecule has 1 atom stereocenters. The van der Waals surface area contributed by atoms with Crippen LogP contribution < -0.4 is 4.74 Å². The van der Waals surface area contributed by atoms with Crippen molar-refractivity contribution in [3.63, 3.8) is 0 Å². The van der Waals surface area contributed by atoms with E-state index in [4.69, 9.17) is 9.47 Å². The highest BCUT2D eigenvalue weighted by Crippen LogP contribution is 2.61. The quantitative estimate of drug-likeness (QED) is 0.334. The molecule has 0 bridgehead atoms. The standard InChI is InChI=1S/C21H9F2NO5S/c22-15-14-19(17(24-8-30)18(26)16(15)23)28-13-7-9(25)5-6-12(13)21(14)11-4-2-1-3-10(11)20(27)29-21/h1-7,25-26H. The largest absolute Gasteiger partial charge is 0.508 e. The summed E-state index contributed by atoms with van der Waals surface area (Å²) in [5.41, 5.74) is -2.39. The van der Waals surface area contributed by atoms with Crippen LogP contribution in [0.2, 0.25) is 0 Å². The number of aliphatic imine (C=N–C) groups is 1. The summed E-state index contributed by atoms with van der Waals surface area (Å²) >= 11 is 4.56. The van der Waals surface area contributed by atoms with Crippen molar-refractivity contribution in [1.82, 2.24) is 0 Å². The van der Waals surface area contributed by atoms with Crippen molar-refractivity contribution < 1.29 is 33.3 Å². The van der Waals surface area contributed by atoms with Crippen LogP contribution in [0.3, 0.4) is 0 Å². The van der Waals surface area contributed by atoms with Crippen LogP contribution in [-0.2, 0) is 10.3 Å². The van der Waals surface area contributed by atoms with Gasteiger partial charge in [-0.05, 0) is 30.4 Å². The Bertz CT molecular complexity index is 1340. The molecule has 0 fully saturated rings. The van der Waals surface area contributed by atoms with Gasteiger partial charge in [0.25, 0.3) is 0 Å². The first-order valence-corrected chi connectivity index (χ1v) is 8.97. The number of isothiocyanates is 1. The number of ether oxygens (including phenoxy) is 2. The highest BCUT2D eigenvalue weighted by Gasteiger charge is 2.56. The van der Waals surface area contributed by atoms with Gasteiger partial charge in [-0.3, -0.25) is 0 Å². The average Bonchev–Trinajstić information content (AvgIpc) is 3.02. The Morgan fingerprint density at radius 2 is 1.83 bits per heavy atom. The highest BCUT2D eigenvalue weighted by molar-refractivity contribution is 7.78. The van der Waals surface area contributed by atoms with Crippen molar-refractivity contribution >= 4 is 29.0 Å². The Morgan fingerprint density at radius 3 is 2.60 bits per heavy atom. The van der Waals surface area contributed by atoms with Crippen LogP contribution in [0.1, 0.15) is 27.0 Å². The number of rotatable bonds is 1. The number of fused-ring (bicyclic) bond motifs is 6. The molecule has 0 radical (unpaired) electrons. The van der Waals surface area contributed by atoms with Gasteiger partial charge in [0.2, 0.25) is 5.82 Å². The zero-order valence-electron chi connectivity index (χ0n) is 14.8. The summed E-state index contributed by atoms with van der Waals surface area (Å²) in [6.07, 6.45) is 0. The molecule has 30 heavy (non-hydrogen) atoms. The lowest BCUT2D eigenvalue weighted by atomic mass is 9.77. The zero-order chi connectivity index (χ0) is 21.2. The summed E-state index contributed by atoms with van der Waals surface area (Å²) < 4.78 is 41.4. The molecule has 1 unspecified atom stereocenters. The second kappa shape index (κ2) is 6.09. The molecular formula is C21H9F2NO5S. The number of esters is 1. The summed E-state index contributed by atoms with van der Waals surface area (Å²) in [6.45, 7) is 0. The van der Waals surface area contributed by atoms with Gasteiger partial charge in [-0.1, -0.05) is 18.2 Å². The molecule has 3 aromatic rings. The van der Waals surface area contributed by atoms with Gasteiger partial charge < -0.3 is 19.7 Å². The maximum Gasteiger partial charge on any atom is 0.340 e. The van der Waals surface area contributed by atoms with Gasteiger partial charge in [-0.2, -0.15) is 9.38 Å². The summed E-state index contributed by atoms with van der Waals surface area (Å²) in [7, 11) is 0. The molecule has 6 nitrogen and oxygen atoms in total. The fraction of sp³-hybridized carbons (Fsp3) is 0.0476. The third-order valence-corrected chi connectivity index (χ3v) is 5.22. The fourth-order valence-electron chi connectivity index (χ4n) is 3.94. The second-order valence-electron chi connectivity index (χ2n) is 6.63. The lowest BCUT2D eigenvalue weighted by molar-refractivity contribution is 0.0210. The first-order valence-electron chi connectivity index (χ1n) is 8.56. The smallest absolute Gasteiger partial charge is 0.340 e. The van der Waals surface area contributed by atoms with E-state index >= 15 is 4.39 Å². The molecule has 3 aromatic carbocycles. The second-order valence-corrected chi connectivity index (χ2v) is 6.81. The number of phenols is 2. The monoisotopic (exact) mass is 425 g/mol. The van der Waals surface area contributed by atoms with Crippen LogP contribution >= 0.6 is 12.2 Å². The van der Waals surface area contributed by atoms with E-state index in [0.717, 1.165) is 0 Å². The van der Waals surface area contributed by atoms with Crippen molar-refractivity contribution in [3.05, 3.63) is 76.4 Å². The van der Waals surface area contributed by atoms with Gasteiger partial charge >= 0.3 is 5.97 Å². The Balaban J connectivity index is 2.01. The van der Waals surface area contributed by atoms with E-state index in [1.165, 1.54) is 30.3 Å². The molecule has 2 aliphatic heterocycles. The van der Waals surface area contributed by atoms with Crippen molar-refractivity contribution in [3.8, 4) is 23.0 Å². The van der Waals surface area contributed by atoms with Crippen LogP contribution in [0.25, 0.3) is 0 Å². The number of phenolic OH excluding ortho intramolecular Hbond substituents is 2. The molecule has 1 spiro atoms. The number of halogens is 2. The predicted molar refractivity (Wildman–Crippen MR) is 103 cm³/mol. The number of thiocarbonyl (C=S) groups is 1. The lowest BCUT2D eigenvalue weighted by Gasteiger charge is -2.37. The molecule has 2 N–H and O–H groups in total. The Hall–Kier alpha value is -3.81. The van der Waals surface area contributed by atoms with Crippen LogP contribution in [0.4, 0.5) is 14.5 Å². The van der Waals surface area contributed by atoms with Gasteiger partial charge in [-0.15, -0.1) is 0 Å². The number of aromatic hydroxyl groups is 2.